The summed E-state index contributed by atoms with van der Waals surface area (Å²) in [6.07, 6.45) is -8.83. The van der Waals surface area contributed by atoms with Gasteiger partial charge >= 0.3 is 39.2 Å². The molecule has 1 heterocycles. The van der Waals surface area contributed by atoms with Gasteiger partial charge in [0, 0.05) is 0 Å². The van der Waals surface area contributed by atoms with Gasteiger partial charge in [0.25, 0.3) is 0 Å². The van der Waals surface area contributed by atoms with Crippen LogP contribution in [-0.4, -0.2) is 73.1 Å². The van der Waals surface area contributed by atoms with E-state index in [1.807, 2.05) is 0 Å². The largest absolute Gasteiger partial charge is 0.450 e. The lowest BCUT2D eigenvalue weighted by Gasteiger charge is -2.31. The fourth-order valence-electron chi connectivity index (χ4n) is 1.63. The molecule has 0 spiro atoms. The van der Waals surface area contributed by atoms with Crippen molar-refractivity contribution in [2.45, 2.75) is 29.2 Å². The van der Waals surface area contributed by atoms with Gasteiger partial charge in [-0.15, -0.1) is 0 Å². The molecule has 1 rings (SSSR count). The zero-order chi connectivity index (χ0) is 21.5. The lowest BCUT2D eigenvalue weighted by Crippen LogP contribution is -2.59. The monoisotopic (exact) mass is 436 g/mol. The van der Waals surface area contributed by atoms with Crippen LogP contribution in [0.15, 0.2) is 12.2 Å². The molecule has 0 aromatic carbocycles. The average Bonchev–Trinajstić information content (AvgIpc) is 2.69. The Morgan fingerprint density at radius 1 is 1.26 bits per heavy atom. The third-order valence-corrected chi connectivity index (χ3v) is 4.02. The van der Waals surface area contributed by atoms with Crippen LogP contribution < -0.4 is 0 Å². The fraction of sp³-hybridized carbons (Fsp3) is 0.727. The highest BCUT2D eigenvalue weighted by molar-refractivity contribution is 7.86. The minimum Gasteiger partial charge on any atom is -0.450 e. The van der Waals surface area contributed by atoms with E-state index in [1.165, 1.54) is 0 Å². The van der Waals surface area contributed by atoms with E-state index in [9.17, 15) is 43.9 Å². The second-order valence-electron chi connectivity index (χ2n) is 5.18. The maximum Gasteiger partial charge on any atom is 0.449 e. The number of aliphatic hydroxyl groups is 1. The molecule has 2 atom stereocenters. The van der Waals surface area contributed by atoms with Crippen molar-refractivity contribution in [2.75, 3.05) is 19.8 Å². The SMILES string of the molecule is C=C(COCC(F)(F)S(=O)(=O)O)C(=O)OC1COC(O)(C(F)(F)F)C1(F)F. The van der Waals surface area contributed by atoms with Crippen molar-refractivity contribution < 1.29 is 67.8 Å². The predicted molar refractivity (Wildman–Crippen MR) is 68.2 cm³/mol. The van der Waals surface area contributed by atoms with Crippen LogP contribution in [0.4, 0.5) is 30.7 Å². The Morgan fingerprint density at radius 3 is 2.19 bits per heavy atom. The summed E-state index contributed by atoms with van der Waals surface area (Å²) in [5.74, 6) is -11.8. The van der Waals surface area contributed by atoms with E-state index >= 15 is 0 Å². The molecule has 8 nitrogen and oxygen atoms in total. The molecule has 1 saturated heterocycles. The molecule has 16 heteroatoms. The van der Waals surface area contributed by atoms with Crippen molar-refractivity contribution in [1.29, 1.82) is 0 Å². The van der Waals surface area contributed by atoms with Gasteiger partial charge in [-0.2, -0.15) is 39.2 Å². The van der Waals surface area contributed by atoms with Crippen LogP contribution in [0.25, 0.3) is 0 Å². The van der Waals surface area contributed by atoms with Crippen molar-refractivity contribution >= 4 is 16.1 Å². The van der Waals surface area contributed by atoms with Crippen LogP contribution in [0.1, 0.15) is 0 Å². The lowest BCUT2D eigenvalue weighted by molar-refractivity contribution is -0.405. The standard InChI is InChI=1S/C11H11F7O8S/c1-5(2-24-4-8(12,13)27(21,22)23)7(19)26-6-3-25-10(20,9(6,14)15)11(16,17)18/h6,20H,1-4H2,(H,21,22,23). The fourth-order valence-corrected chi connectivity index (χ4v) is 1.87. The molecule has 27 heavy (non-hydrogen) atoms. The molecule has 2 N–H and O–H groups in total. The van der Waals surface area contributed by atoms with Gasteiger partial charge in [0.05, 0.1) is 18.8 Å². The van der Waals surface area contributed by atoms with E-state index in [-0.39, 0.29) is 0 Å². The van der Waals surface area contributed by atoms with E-state index in [0.29, 0.717) is 0 Å². The zero-order valence-electron chi connectivity index (χ0n) is 12.8. The summed E-state index contributed by atoms with van der Waals surface area (Å²) in [6, 6.07) is 0. The number of rotatable bonds is 7. The first kappa shape index (κ1) is 23.5. The van der Waals surface area contributed by atoms with Crippen molar-refractivity contribution in [3.63, 3.8) is 0 Å². The molecule has 0 saturated carbocycles. The van der Waals surface area contributed by atoms with Crippen molar-refractivity contribution in [3.8, 4) is 0 Å². The van der Waals surface area contributed by atoms with Gasteiger partial charge in [-0.3, -0.25) is 4.55 Å². The maximum absolute atomic E-state index is 13.7. The normalized spacial score (nSPS) is 26.0. The van der Waals surface area contributed by atoms with Gasteiger partial charge in [-0.1, -0.05) is 6.58 Å². The Bertz CT molecular complexity index is 704. The summed E-state index contributed by atoms with van der Waals surface area (Å²) in [7, 11) is -5.84. The van der Waals surface area contributed by atoms with Crippen molar-refractivity contribution in [3.05, 3.63) is 12.2 Å². The predicted octanol–water partition coefficient (Wildman–Crippen LogP) is 0.868. The molecule has 0 aromatic rings. The van der Waals surface area contributed by atoms with Gasteiger partial charge in [0.1, 0.15) is 6.61 Å². The summed E-state index contributed by atoms with van der Waals surface area (Å²) in [5.41, 5.74) is -0.959. The number of carbonyl (C=O) groups is 1. The van der Waals surface area contributed by atoms with Crippen LogP contribution in [0.3, 0.4) is 0 Å². The Morgan fingerprint density at radius 2 is 1.78 bits per heavy atom. The summed E-state index contributed by atoms with van der Waals surface area (Å²) >= 11 is 0. The second kappa shape index (κ2) is 7.16. The Balaban J connectivity index is 2.68. The first-order valence-electron chi connectivity index (χ1n) is 6.49. The first-order valence-corrected chi connectivity index (χ1v) is 7.93. The van der Waals surface area contributed by atoms with Gasteiger partial charge in [-0.05, 0) is 0 Å². The first-order chi connectivity index (χ1) is 11.9. The highest BCUT2D eigenvalue weighted by atomic mass is 32.2. The maximum atomic E-state index is 13.7. The zero-order valence-corrected chi connectivity index (χ0v) is 13.6. The van der Waals surface area contributed by atoms with Gasteiger partial charge in [0.15, 0.2) is 6.10 Å². The summed E-state index contributed by atoms with van der Waals surface area (Å²) < 4.78 is 131. The summed E-state index contributed by atoms with van der Waals surface area (Å²) in [4.78, 5) is 11.5. The van der Waals surface area contributed by atoms with E-state index < -0.39 is 70.7 Å². The number of esters is 1. The number of hydrogen-bond acceptors (Lipinski definition) is 7. The molecule has 1 fully saturated rings. The summed E-state index contributed by atoms with van der Waals surface area (Å²) in [6.45, 7) is -1.82. The topological polar surface area (TPSA) is 119 Å². The second-order valence-corrected chi connectivity index (χ2v) is 6.73. The minimum atomic E-state index is -5.93. The molecule has 0 bridgehead atoms. The number of ether oxygens (including phenoxy) is 3. The third kappa shape index (κ3) is 4.50. The molecular formula is C11H11F7O8S. The quantitative estimate of drug-likeness (QED) is 0.261. The highest BCUT2D eigenvalue weighted by Gasteiger charge is 2.78. The molecule has 2 unspecified atom stereocenters. The van der Waals surface area contributed by atoms with Gasteiger partial charge < -0.3 is 19.3 Å². The molecule has 0 aromatic heterocycles. The van der Waals surface area contributed by atoms with Gasteiger partial charge in [-0.25, -0.2) is 4.79 Å². The van der Waals surface area contributed by atoms with Crippen molar-refractivity contribution in [2.24, 2.45) is 0 Å². The van der Waals surface area contributed by atoms with E-state index in [0.717, 1.165) is 0 Å². The summed E-state index contributed by atoms with van der Waals surface area (Å²) in [5, 5.41) is 4.23. The Hall–Kier alpha value is -1.49. The average molecular weight is 436 g/mol. The molecule has 0 aliphatic carbocycles. The molecule has 158 valence electrons. The smallest absolute Gasteiger partial charge is 0.449 e. The molecular weight excluding hydrogens is 425 g/mol. The van der Waals surface area contributed by atoms with E-state index in [2.05, 4.69) is 20.8 Å². The van der Waals surface area contributed by atoms with Crippen LogP contribution in [0.2, 0.25) is 0 Å². The molecule has 0 radical (unpaired) electrons. The number of alkyl halides is 7. The van der Waals surface area contributed by atoms with Crippen LogP contribution in [-0.2, 0) is 29.1 Å². The Kier molecular flexibility index (Phi) is 6.24. The highest BCUT2D eigenvalue weighted by Crippen LogP contribution is 2.49. The van der Waals surface area contributed by atoms with Crippen LogP contribution >= 0.6 is 0 Å². The molecule has 0 amide bonds. The van der Waals surface area contributed by atoms with E-state index in [4.69, 9.17) is 9.66 Å². The number of carbonyl (C=O) groups excluding carboxylic acids is 1. The number of halogens is 7. The molecule has 1 aliphatic rings. The van der Waals surface area contributed by atoms with Crippen LogP contribution in [0.5, 0.6) is 0 Å². The third-order valence-electron chi connectivity index (χ3n) is 3.15. The molecule has 1 aliphatic heterocycles. The minimum absolute atomic E-state index is 0.959. The Labute approximate surface area is 146 Å². The number of hydrogen-bond donors (Lipinski definition) is 2. The van der Waals surface area contributed by atoms with Crippen LogP contribution in [0, 0.1) is 0 Å². The van der Waals surface area contributed by atoms with E-state index in [1.54, 1.807) is 0 Å². The lowest BCUT2D eigenvalue weighted by atomic mass is 10.1. The van der Waals surface area contributed by atoms with Crippen molar-refractivity contribution in [1.82, 2.24) is 0 Å². The van der Waals surface area contributed by atoms with Gasteiger partial charge in [0.2, 0.25) is 0 Å².